The molecule has 7 nitrogen and oxygen atoms in total. The van der Waals surface area contributed by atoms with Gasteiger partial charge in [0.25, 0.3) is 5.91 Å². The van der Waals surface area contributed by atoms with Crippen LogP contribution in [0.15, 0.2) is 109 Å². The molecule has 1 heterocycles. The van der Waals surface area contributed by atoms with Crippen LogP contribution in [0.4, 0.5) is 11.4 Å². The van der Waals surface area contributed by atoms with Gasteiger partial charge in [0.2, 0.25) is 5.91 Å². The Morgan fingerprint density at radius 3 is 2.41 bits per heavy atom. The molecule has 1 aromatic heterocycles. The maximum atomic E-state index is 13.4. The number of amides is 2. The van der Waals surface area contributed by atoms with Gasteiger partial charge in [0.05, 0.1) is 24.4 Å². The average Bonchev–Trinajstić information content (AvgIpc) is 3.44. The first-order valence-electron chi connectivity index (χ1n) is 12.8. The van der Waals surface area contributed by atoms with Crippen molar-refractivity contribution in [2.75, 3.05) is 24.7 Å². The van der Waals surface area contributed by atoms with E-state index in [1.165, 1.54) is 0 Å². The number of ether oxygens (including phenoxy) is 1. The van der Waals surface area contributed by atoms with Gasteiger partial charge in [-0.15, -0.1) is 0 Å². The highest BCUT2D eigenvalue weighted by Crippen LogP contribution is 2.31. The van der Waals surface area contributed by atoms with Crippen LogP contribution in [0.1, 0.15) is 16.9 Å². The van der Waals surface area contributed by atoms with Crippen LogP contribution in [0.3, 0.4) is 0 Å². The number of nitrogens with two attached hydrogens (primary N) is 1. The fourth-order valence-electron chi connectivity index (χ4n) is 4.50. The summed E-state index contributed by atoms with van der Waals surface area (Å²) < 4.78 is 5.29. The molecule has 2 amide bonds. The number of para-hydroxylation sites is 2. The highest BCUT2D eigenvalue weighted by molar-refractivity contribution is 6.01. The number of allylic oxidation sites excluding steroid dienone is 1. The predicted molar refractivity (Wildman–Crippen MR) is 155 cm³/mol. The lowest BCUT2D eigenvalue weighted by atomic mass is 9.95. The summed E-state index contributed by atoms with van der Waals surface area (Å²) in [6, 6.07) is 26.7. The zero-order chi connectivity index (χ0) is 27.2. The van der Waals surface area contributed by atoms with Gasteiger partial charge in [-0.2, -0.15) is 0 Å². The predicted octanol–water partition coefficient (Wildman–Crippen LogP) is 5.81. The second kappa shape index (κ2) is 11.6. The molecule has 1 atom stereocenters. The minimum Gasteiger partial charge on any atom is -0.497 e. The largest absolute Gasteiger partial charge is 0.497 e. The number of H-pyrrole nitrogens is 1. The Balaban J connectivity index is 1.27. The average molecular weight is 519 g/mol. The van der Waals surface area contributed by atoms with E-state index in [0.29, 0.717) is 30.0 Å². The zero-order valence-corrected chi connectivity index (χ0v) is 21.6. The van der Waals surface area contributed by atoms with Gasteiger partial charge in [-0.05, 0) is 53.5 Å². The number of benzene rings is 3. The summed E-state index contributed by atoms with van der Waals surface area (Å²) in [4.78, 5) is 29.4. The van der Waals surface area contributed by atoms with Crippen molar-refractivity contribution in [1.29, 1.82) is 0 Å². The molecule has 196 valence electrons. The molecular formula is C32H30N4O3. The number of nitrogens with one attached hydrogen (secondary N) is 3. The van der Waals surface area contributed by atoms with E-state index in [4.69, 9.17) is 10.5 Å². The van der Waals surface area contributed by atoms with Crippen molar-refractivity contribution in [3.05, 3.63) is 114 Å². The molecule has 3 aromatic carbocycles. The van der Waals surface area contributed by atoms with Gasteiger partial charge in [-0.1, -0.05) is 72.8 Å². The summed E-state index contributed by atoms with van der Waals surface area (Å²) in [5.41, 5.74) is 12.0. The highest BCUT2D eigenvalue weighted by Gasteiger charge is 2.20. The van der Waals surface area contributed by atoms with E-state index in [-0.39, 0.29) is 17.7 Å². The normalized spacial score (nSPS) is 14.4. The summed E-state index contributed by atoms with van der Waals surface area (Å²) in [6.45, 7) is 0.344. The molecule has 0 aliphatic heterocycles. The molecule has 0 fully saturated rings. The molecule has 1 unspecified atom stereocenters. The fourth-order valence-corrected chi connectivity index (χ4v) is 4.50. The molecule has 1 aliphatic carbocycles. The molecule has 7 heteroatoms. The van der Waals surface area contributed by atoms with Crippen molar-refractivity contribution in [2.45, 2.75) is 6.42 Å². The van der Waals surface area contributed by atoms with Gasteiger partial charge in [0.1, 0.15) is 11.4 Å². The van der Waals surface area contributed by atoms with E-state index in [9.17, 15) is 9.59 Å². The minimum atomic E-state index is -0.303. The third kappa shape index (κ3) is 5.93. The number of hydrogen-bond donors (Lipinski definition) is 4. The summed E-state index contributed by atoms with van der Waals surface area (Å²) in [7, 11) is 1.62. The van der Waals surface area contributed by atoms with Crippen LogP contribution in [0.2, 0.25) is 0 Å². The molecular weight excluding hydrogens is 488 g/mol. The number of nitrogen functional groups attached to an aromatic ring is 1. The Labute approximate surface area is 227 Å². The van der Waals surface area contributed by atoms with E-state index in [2.05, 4.69) is 15.6 Å². The standard InChI is InChI=1S/C32H30N4O3/c1-39-25-17-15-22(16-18-25)26-19-29(23-7-3-2-4-8-23)35-30(26)32(38)34-20-21-11-13-24(14-12-21)31(37)36-28-10-6-5-9-27(28)33/h2-13,15-19,24,35H,14,20,33H2,1H3,(H,34,38)(H,36,37). The number of methoxy groups -OCH3 is 1. The molecule has 5 rings (SSSR count). The number of hydrogen-bond acceptors (Lipinski definition) is 4. The van der Waals surface area contributed by atoms with Crippen molar-refractivity contribution < 1.29 is 14.3 Å². The van der Waals surface area contributed by atoms with Crippen LogP contribution in [-0.4, -0.2) is 30.5 Å². The molecule has 1 aliphatic rings. The maximum Gasteiger partial charge on any atom is 0.268 e. The van der Waals surface area contributed by atoms with E-state index in [1.807, 2.05) is 91.0 Å². The SMILES string of the molecule is COc1ccc(-c2cc(-c3ccccc3)[nH]c2C(=O)NCC2=CCC(C(=O)Nc3ccccc3N)C=C2)cc1. The van der Waals surface area contributed by atoms with Gasteiger partial charge < -0.3 is 26.1 Å². The lowest BCUT2D eigenvalue weighted by Gasteiger charge is -2.17. The Morgan fingerprint density at radius 2 is 1.72 bits per heavy atom. The number of carbonyl (C=O) groups is 2. The number of carbonyl (C=O) groups excluding carboxylic acids is 2. The zero-order valence-electron chi connectivity index (χ0n) is 21.6. The molecule has 0 bridgehead atoms. The fraction of sp³-hybridized carbons (Fsp3) is 0.125. The molecule has 0 saturated heterocycles. The Hall–Kier alpha value is -5.04. The topological polar surface area (TPSA) is 109 Å². The van der Waals surface area contributed by atoms with Crippen LogP contribution < -0.4 is 21.1 Å². The van der Waals surface area contributed by atoms with Crippen LogP contribution in [0.5, 0.6) is 5.75 Å². The molecule has 39 heavy (non-hydrogen) atoms. The molecule has 0 radical (unpaired) electrons. The number of aromatic nitrogens is 1. The first kappa shape index (κ1) is 25.6. The molecule has 0 saturated carbocycles. The van der Waals surface area contributed by atoms with Crippen LogP contribution in [0, 0.1) is 5.92 Å². The van der Waals surface area contributed by atoms with Crippen molar-refractivity contribution >= 4 is 23.2 Å². The van der Waals surface area contributed by atoms with Gasteiger partial charge in [-0.3, -0.25) is 9.59 Å². The number of anilines is 2. The minimum absolute atomic E-state index is 0.118. The van der Waals surface area contributed by atoms with Gasteiger partial charge in [0, 0.05) is 17.8 Å². The number of aromatic amines is 1. The highest BCUT2D eigenvalue weighted by atomic mass is 16.5. The summed E-state index contributed by atoms with van der Waals surface area (Å²) >= 11 is 0. The second-order valence-corrected chi connectivity index (χ2v) is 9.31. The van der Waals surface area contributed by atoms with Gasteiger partial charge in [-0.25, -0.2) is 0 Å². The third-order valence-corrected chi connectivity index (χ3v) is 6.72. The molecule has 4 aromatic rings. The Bertz CT molecular complexity index is 1540. The number of rotatable bonds is 8. The molecule has 0 spiro atoms. The van der Waals surface area contributed by atoms with Crippen LogP contribution in [0.25, 0.3) is 22.4 Å². The maximum absolute atomic E-state index is 13.4. The van der Waals surface area contributed by atoms with Crippen molar-refractivity contribution in [2.24, 2.45) is 5.92 Å². The summed E-state index contributed by atoms with van der Waals surface area (Å²) in [5, 5.41) is 5.91. The van der Waals surface area contributed by atoms with Crippen molar-refractivity contribution in [3.63, 3.8) is 0 Å². The van der Waals surface area contributed by atoms with Crippen molar-refractivity contribution in [1.82, 2.24) is 10.3 Å². The van der Waals surface area contributed by atoms with E-state index < -0.39 is 0 Å². The van der Waals surface area contributed by atoms with E-state index in [0.717, 1.165) is 33.7 Å². The van der Waals surface area contributed by atoms with Crippen LogP contribution in [-0.2, 0) is 4.79 Å². The first-order valence-corrected chi connectivity index (χ1v) is 12.8. The summed E-state index contributed by atoms with van der Waals surface area (Å²) in [6.07, 6.45) is 6.27. The monoisotopic (exact) mass is 518 g/mol. The van der Waals surface area contributed by atoms with Crippen LogP contribution >= 0.6 is 0 Å². The van der Waals surface area contributed by atoms with Gasteiger partial charge in [0.15, 0.2) is 0 Å². The van der Waals surface area contributed by atoms with Gasteiger partial charge >= 0.3 is 0 Å². The Kier molecular flexibility index (Phi) is 7.59. The molecule has 5 N–H and O–H groups in total. The Morgan fingerprint density at radius 1 is 0.974 bits per heavy atom. The van der Waals surface area contributed by atoms with E-state index >= 15 is 0 Å². The van der Waals surface area contributed by atoms with Crippen molar-refractivity contribution in [3.8, 4) is 28.1 Å². The summed E-state index contributed by atoms with van der Waals surface area (Å²) in [5.74, 6) is 0.116. The lowest BCUT2D eigenvalue weighted by Crippen LogP contribution is -2.27. The van der Waals surface area contributed by atoms with E-state index in [1.54, 1.807) is 19.2 Å². The quantitative estimate of drug-likeness (QED) is 0.221. The third-order valence-electron chi connectivity index (χ3n) is 6.72. The second-order valence-electron chi connectivity index (χ2n) is 9.31. The first-order chi connectivity index (χ1) is 19.0. The lowest BCUT2D eigenvalue weighted by molar-refractivity contribution is -0.118. The smallest absolute Gasteiger partial charge is 0.268 e.